The van der Waals surface area contributed by atoms with E-state index in [2.05, 4.69) is 4.98 Å². The SMILES string of the molecule is CN(c1ccccc1)c1nc(C(=O)O)ccc1[N+](=O)[O-]. The molecule has 1 aromatic carbocycles. The van der Waals surface area contributed by atoms with Crippen molar-refractivity contribution in [3.05, 3.63) is 58.3 Å². The van der Waals surface area contributed by atoms with Crippen molar-refractivity contribution in [1.82, 2.24) is 4.98 Å². The van der Waals surface area contributed by atoms with Crippen molar-refractivity contribution >= 4 is 23.2 Å². The summed E-state index contributed by atoms with van der Waals surface area (Å²) in [6.45, 7) is 0. The summed E-state index contributed by atoms with van der Waals surface area (Å²) in [5.74, 6) is -1.25. The van der Waals surface area contributed by atoms with Gasteiger partial charge in [-0.25, -0.2) is 9.78 Å². The van der Waals surface area contributed by atoms with Crippen LogP contribution in [0, 0.1) is 10.1 Å². The smallest absolute Gasteiger partial charge is 0.354 e. The maximum Gasteiger partial charge on any atom is 0.354 e. The number of benzene rings is 1. The molecule has 7 heteroatoms. The molecule has 0 saturated carbocycles. The van der Waals surface area contributed by atoms with E-state index < -0.39 is 10.9 Å². The zero-order valence-corrected chi connectivity index (χ0v) is 10.6. The van der Waals surface area contributed by atoms with Gasteiger partial charge in [0.05, 0.1) is 4.92 Å². The highest BCUT2D eigenvalue weighted by Crippen LogP contribution is 2.30. The predicted molar refractivity (Wildman–Crippen MR) is 72.4 cm³/mol. The molecule has 102 valence electrons. The fourth-order valence-electron chi connectivity index (χ4n) is 1.72. The molecule has 1 N–H and O–H groups in total. The van der Waals surface area contributed by atoms with Gasteiger partial charge in [-0.1, -0.05) is 18.2 Å². The maximum atomic E-state index is 11.0. The molecule has 0 aliphatic carbocycles. The Morgan fingerprint density at radius 1 is 1.25 bits per heavy atom. The number of hydrogen-bond donors (Lipinski definition) is 1. The number of para-hydroxylation sites is 1. The number of aromatic nitrogens is 1. The molecule has 2 rings (SSSR count). The van der Waals surface area contributed by atoms with Crippen molar-refractivity contribution in [3.8, 4) is 0 Å². The summed E-state index contributed by atoms with van der Waals surface area (Å²) in [4.78, 5) is 26.7. The first-order chi connectivity index (χ1) is 9.50. The quantitative estimate of drug-likeness (QED) is 0.678. The number of rotatable bonds is 4. The minimum atomic E-state index is -1.23. The predicted octanol–water partition coefficient (Wildman–Crippen LogP) is 2.46. The summed E-state index contributed by atoms with van der Waals surface area (Å²) in [6.07, 6.45) is 0. The van der Waals surface area contributed by atoms with E-state index in [0.717, 1.165) is 12.1 Å². The summed E-state index contributed by atoms with van der Waals surface area (Å²) < 4.78 is 0. The Bertz CT molecular complexity index is 658. The lowest BCUT2D eigenvalue weighted by atomic mass is 10.2. The Morgan fingerprint density at radius 2 is 1.90 bits per heavy atom. The molecule has 1 heterocycles. The number of aromatic carboxylic acids is 1. The third-order valence-corrected chi connectivity index (χ3v) is 2.73. The molecule has 20 heavy (non-hydrogen) atoms. The summed E-state index contributed by atoms with van der Waals surface area (Å²) in [7, 11) is 1.59. The van der Waals surface area contributed by atoms with Crippen molar-refractivity contribution in [1.29, 1.82) is 0 Å². The number of carboxylic acids is 1. The van der Waals surface area contributed by atoms with Crippen LogP contribution in [-0.4, -0.2) is 28.0 Å². The van der Waals surface area contributed by atoms with Crippen LogP contribution in [0.5, 0.6) is 0 Å². The van der Waals surface area contributed by atoms with E-state index in [4.69, 9.17) is 5.11 Å². The lowest BCUT2D eigenvalue weighted by Gasteiger charge is -2.18. The van der Waals surface area contributed by atoms with Crippen LogP contribution in [0.1, 0.15) is 10.5 Å². The molecule has 2 aromatic rings. The standard InChI is InChI=1S/C13H11N3O4/c1-15(9-5-3-2-4-6-9)12-11(16(19)20)8-7-10(14-12)13(17)18/h2-8H,1H3,(H,17,18). The molecule has 0 fully saturated rings. The average Bonchev–Trinajstić information content (AvgIpc) is 2.46. The van der Waals surface area contributed by atoms with Crippen LogP contribution in [0.2, 0.25) is 0 Å². The molecule has 0 radical (unpaired) electrons. The van der Waals surface area contributed by atoms with Gasteiger partial charge in [0.2, 0.25) is 5.82 Å². The highest BCUT2D eigenvalue weighted by Gasteiger charge is 2.22. The highest BCUT2D eigenvalue weighted by molar-refractivity contribution is 5.87. The van der Waals surface area contributed by atoms with Crippen LogP contribution in [0.4, 0.5) is 17.2 Å². The Morgan fingerprint density at radius 3 is 2.45 bits per heavy atom. The minimum Gasteiger partial charge on any atom is -0.477 e. The Hall–Kier alpha value is -2.96. The topological polar surface area (TPSA) is 96.6 Å². The zero-order valence-electron chi connectivity index (χ0n) is 10.6. The first kappa shape index (κ1) is 13.5. The van der Waals surface area contributed by atoms with E-state index in [9.17, 15) is 14.9 Å². The average molecular weight is 273 g/mol. The maximum absolute atomic E-state index is 11.0. The van der Waals surface area contributed by atoms with Gasteiger partial charge in [0, 0.05) is 18.8 Å². The second kappa shape index (κ2) is 5.35. The summed E-state index contributed by atoms with van der Waals surface area (Å²) in [5.41, 5.74) is 0.181. The Balaban J connectivity index is 2.55. The molecule has 0 spiro atoms. The molecule has 0 bridgehead atoms. The number of hydrogen-bond acceptors (Lipinski definition) is 5. The third kappa shape index (κ3) is 2.56. The number of carboxylic acid groups (broad SMARTS) is 1. The van der Waals surface area contributed by atoms with Gasteiger partial charge in [-0.2, -0.15) is 0 Å². The minimum absolute atomic E-state index is 0.0129. The molecule has 0 atom stereocenters. The van der Waals surface area contributed by atoms with Gasteiger partial charge in [-0.05, 0) is 18.2 Å². The lowest BCUT2D eigenvalue weighted by Crippen LogP contribution is -2.15. The normalized spacial score (nSPS) is 10.1. The number of anilines is 2. The lowest BCUT2D eigenvalue weighted by molar-refractivity contribution is -0.384. The first-order valence-corrected chi connectivity index (χ1v) is 5.68. The fraction of sp³-hybridized carbons (Fsp3) is 0.0769. The van der Waals surface area contributed by atoms with Crippen molar-refractivity contribution in [3.63, 3.8) is 0 Å². The molecule has 0 unspecified atom stereocenters. The van der Waals surface area contributed by atoms with Gasteiger partial charge in [0.15, 0.2) is 5.69 Å². The van der Waals surface area contributed by atoms with E-state index in [-0.39, 0.29) is 17.2 Å². The first-order valence-electron chi connectivity index (χ1n) is 5.68. The van der Waals surface area contributed by atoms with E-state index in [1.807, 2.05) is 6.07 Å². The molecule has 7 nitrogen and oxygen atoms in total. The second-order valence-corrected chi connectivity index (χ2v) is 4.00. The zero-order chi connectivity index (χ0) is 14.7. The summed E-state index contributed by atoms with van der Waals surface area (Å²) >= 11 is 0. The molecular weight excluding hydrogens is 262 g/mol. The van der Waals surface area contributed by atoms with Crippen LogP contribution in [0.3, 0.4) is 0 Å². The largest absolute Gasteiger partial charge is 0.477 e. The summed E-state index contributed by atoms with van der Waals surface area (Å²) in [5, 5.41) is 20.0. The van der Waals surface area contributed by atoms with E-state index >= 15 is 0 Å². The molecule has 0 aliphatic heterocycles. The third-order valence-electron chi connectivity index (χ3n) is 2.73. The van der Waals surface area contributed by atoms with Crippen LogP contribution >= 0.6 is 0 Å². The van der Waals surface area contributed by atoms with Gasteiger partial charge < -0.3 is 10.0 Å². The molecule has 0 amide bonds. The fourth-order valence-corrected chi connectivity index (χ4v) is 1.72. The number of carbonyl (C=O) groups is 1. The number of nitrogens with zero attached hydrogens (tertiary/aromatic N) is 3. The van der Waals surface area contributed by atoms with Gasteiger partial charge in [0.1, 0.15) is 0 Å². The highest BCUT2D eigenvalue weighted by atomic mass is 16.6. The van der Waals surface area contributed by atoms with Gasteiger partial charge in [-0.3, -0.25) is 10.1 Å². The van der Waals surface area contributed by atoms with E-state index in [0.29, 0.717) is 5.69 Å². The monoisotopic (exact) mass is 273 g/mol. The van der Waals surface area contributed by atoms with Crippen molar-refractivity contribution in [2.24, 2.45) is 0 Å². The number of nitro groups is 1. The second-order valence-electron chi connectivity index (χ2n) is 4.00. The van der Waals surface area contributed by atoms with Gasteiger partial charge in [-0.15, -0.1) is 0 Å². The van der Waals surface area contributed by atoms with Crippen LogP contribution in [0.15, 0.2) is 42.5 Å². The van der Waals surface area contributed by atoms with Crippen LogP contribution < -0.4 is 4.90 Å². The van der Waals surface area contributed by atoms with E-state index in [1.54, 1.807) is 31.3 Å². The van der Waals surface area contributed by atoms with Gasteiger partial charge in [0.25, 0.3) is 0 Å². The molecule has 1 aromatic heterocycles. The number of pyridine rings is 1. The van der Waals surface area contributed by atoms with Gasteiger partial charge >= 0.3 is 11.7 Å². The Labute approximate surface area is 114 Å². The van der Waals surface area contributed by atoms with Crippen LogP contribution in [0.25, 0.3) is 0 Å². The van der Waals surface area contributed by atoms with Crippen molar-refractivity contribution in [2.45, 2.75) is 0 Å². The molecule has 0 aliphatic rings. The van der Waals surface area contributed by atoms with Crippen molar-refractivity contribution < 1.29 is 14.8 Å². The summed E-state index contributed by atoms with van der Waals surface area (Å²) in [6, 6.07) is 11.1. The van der Waals surface area contributed by atoms with Crippen molar-refractivity contribution in [2.75, 3.05) is 11.9 Å². The Kier molecular flexibility index (Phi) is 3.60. The van der Waals surface area contributed by atoms with E-state index in [1.165, 1.54) is 4.90 Å². The van der Waals surface area contributed by atoms with Crippen LogP contribution in [-0.2, 0) is 0 Å². The molecular formula is C13H11N3O4. The molecule has 0 saturated heterocycles.